The molecule has 0 saturated carbocycles. The lowest BCUT2D eigenvalue weighted by molar-refractivity contribution is 0.0775. The van der Waals surface area contributed by atoms with Crippen LogP contribution in [0.5, 0.6) is 5.75 Å². The van der Waals surface area contributed by atoms with Crippen LogP contribution in [0.1, 0.15) is 23.0 Å². The molecular formula is C21H22N2O5S. The Morgan fingerprint density at radius 2 is 1.86 bits per heavy atom. The van der Waals surface area contributed by atoms with Crippen LogP contribution < -0.4 is 9.46 Å². The number of hydrogen-bond donors (Lipinski definition) is 1. The van der Waals surface area contributed by atoms with Crippen molar-refractivity contribution < 1.29 is 22.4 Å². The monoisotopic (exact) mass is 414 g/mol. The highest BCUT2D eigenvalue weighted by Gasteiger charge is 2.17. The van der Waals surface area contributed by atoms with Crippen LogP contribution in [0.4, 0.5) is 5.69 Å². The van der Waals surface area contributed by atoms with Crippen molar-refractivity contribution in [1.29, 1.82) is 0 Å². The third kappa shape index (κ3) is 5.17. The van der Waals surface area contributed by atoms with Gasteiger partial charge >= 0.3 is 0 Å². The molecule has 0 spiro atoms. The Morgan fingerprint density at radius 3 is 2.52 bits per heavy atom. The number of ether oxygens (including phenoxy) is 1. The second kappa shape index (κ2) is 8.83. The number of nitrogens with one attached hydrogen (secondary N) is 1. The summed E-state index contributed by atoms with van der Waals surface area (Å²) >= 11 is 0. The molecule has 1 heterocycles. The van der Waals surface area contributed by atoms with Crippen molar-refractivity contribution >= 4 is 21.6 Å². The van der Waals surface area contributed by atoms with Gasteiger partial charge in [-0.25, -0.2) is 8.42 Å². The summed E-state index contributed by atoms with van der Waals surface area (Å²) in [7, 11) is -2.14. The Labute approximate surface area is 170 Å². The molecular weight excluding hydrogens is 392 g/mol. The maximum atomic E-state index is 12.7. The number of furan rings is 1. The van der Waals surface area contributed by atoms with Gasteiger partial charge in [-0.15, -0.1) is 0 Å². The highest BCUT2D eigenvalue weighted by molar-refractivity contribution is 7.92. The minimum Gasteiger partial charge on any atom is -0.494 e. The number of amides is 1. The van der Waals surface area contributed by atoms with E-state index in [0.717, 1.165) is 0 Å². The van der Waals surface area contributed by atoms with E-state index in [1.807, 2.05) is 6.92 Å². The van der Waals surface area contributed by atoms with Crippen LogP contribution in [0.3, 0.4) is 0 Å². The first kappa shape index (κ1) is 20.5. The van der Waals surface area contributed by atoms with E-state index < -0.39 is 10.0 Å². The molecule has 3 aromatic rings. The minimum atomic E-state index is -3.79. The summed E-state index contributed by atoms with van der Waals surface area (Å²) in [5.41, 5.74) is 0.669. The van der Waals surface area contributed by atoms with Gasteiger partial charge in [0.25, 0.3) is 15.9 Å². The number of carbonyl (C=O) groups is 1. The summed E-state index contributed by atoms with van der Waals surface area (Å²) in [5, 5.41) is 0. The van der Waals surface area contributed by atoms with E-state index in [4.69, 9.17) is 9.15 Å². The highest BCUT2D eigenvalue weighted by atomic mass is 32.2. The minimum absolute atomic E-state index is 0.104. The summed E-state index contributed by atoms with van der Waals surface area (Å²) in [6.45, 7) is 2.67. The average molecular weight is 414 g/mol. The molecule has 0 aliphatic heterocycles. The first-order chi connectivity index (χ1) is 13.9. The third-order valence-electron chi connectivity index (χ3n) is 4.13. The third-order valence-corrected chi connectivity index (χ3v) is 5.52. The van der Waals surface area contributed by atoms with Gasteiger partial charge < -0.3 is 14.1 Å². The Hall–Kier alpha value is -3.26. The fourth-order valence-electron chi connectivity index (χ4n) is 2.74. The zero-order valence-electron chi connectivity index (χ0n) is 16.2. The number of benzene rings is 2. The summed E-state index contributed by atoms with van der Waals surface area (Å²) < 4.78 is 38.4. The maximum absolute atomic E-state index is 12.7. The van der Waals surface area contributed by atoms with Gasteiger partial charge in [0.05, 0.1) is 24.3 Å². The SMILES string of the molecule is CCOc1ccc(S(=O)(=O)Nc2cccc(C(=O)N(C)Cc3ccco3)c2)cc1. The number of hydrogen-bond acceptors (Lipinski definition) is 5. The van der Waals surface area contributed by atoms with E-state index in [2.05, 4.69) is 4.72 Å². The maximum Gasteiger partial charge on any atom is 0.261 e. The van der Waals surface area contributed by atoms with Gasteiger partial charge in [0.15, 0.2) is 0 Å². The molecule has 0 saturated heterocycles. The predicted molar refractivity (Wildman–Crippen MR) is 109 cm³/mol. The zero-order valence-corrected chi connectivity index (χ0v) is 17.0. The van der Waals surface area contributed by atoms with Gasteiger partial charge in [-0.2, -0.15) is 0 Å². The summed E-state index contributed by atoms with van der Waals surface area (Å²) in [4.78, 5) is 14.3. The van der Waals surface area contributed by atoms with Crippen molar-refractivity contribution in [2.45, 2.75) is 18.4 Å². The van der Waals surface area contributed by atoms with Crippen molar-refractivity contribution in [3.63, 3.8) is 0 Å². The highest BCUT2D eigenvalue weighted by Crippen LogP contribution is 2.21. The molecule has 29 heavy (non-hydrogen) atoms. The van der Waals surface area contributed by atoms with Crippen LogP contribution in [0.25, 0.3) is 0 Å². The second-order valence-corrected chi connectivity index (χ2v) is 8.01. The van der Waals surface area contributed by atoms with Crippen LogP contribution in [0, 0.1) is 0 Å². The van der Waals surface area contributed by atoms with Gasteiger partial charge in [0, 0.05) is 18.3 Å². The van der Waals surface area contributed by atoms with Crippen LogP contribution >= 0.6 is 0 Å². The lowest BCUT2D eigenvalue weighted by Crippen LogP contribution is -2.26. The molecule has 0 atom stereocenters. The molecule has 152 valence electrons. The lowest BCUT2D eigenvalue weighted by atomic mass is 10.2. The molecule has 8 heteroatoms. The van der Waals surface area contributed by atoms with Crippen molar-refractivity contribution in [2.24, 2.45) is 0 Å². The molecule has 0 unspecified atom stereocenters. The summed E-state index contributed by atoms with van der Waals surface area (Å²) in [6, 6.07) is 16.0. The molecule has 0 bridgehead atoms. The predicted octanol–water partition coefficient (Wildman–Crippen LogP) is 3.75. The molecule has 0 radical (unpaired) electrons. The van der Waals surface area contributed by atoms with Crippen LogP contribution in [0.2, 0.25) is 0 Å². The second-order valence-electron chi connectivity index (χ2n) is 6.33. The van der Waals surface area contributed by atoms with Gasteiger partial charge in [0.1, 0.15) is 11.5 Å². The Morgan fingerprint density at radius 1 is 1.10 bits per heavy atom. The van der Waals surface area contributed by atoms with E-state index in [-0.39, 0.29) is 10.8 Å². The van der Waals surface area contributed by atoms with E-state index >= 15 is 0 Å². The normalized spacial score (nSPS) is 11.1. The topological polar surface area (TPSA) is 88.8 Å². The largest absolute Gasteiger partial charge is 0.494 e. The number of carbonyl (C=O) groups excluding carboxylic acids is 1. The molecule has 1 N–H and O–H groups in total. The molecule has 7 nitrogen and oxygen atoms in total. The lowest BCUT2D eigenvalue weighted by Gasteiger charge is -2.16. The zero-order chi connectivity index (χ0) is 20.9. The number of anilines is 1. The first-order valence-corrected chi connectivity index (χ1v) is 10.5. The molecule has 0 aliphatic carbocycles. The van der Waals surface area contributed by atoms with Crippen molar-refractivity contribution in [2.75, 3.05) is 18.4 Å². The first-order valence-electron chi connectivity index (χ1n) is 9.02. The van der Waals surface area contributed by atoms with Crippen molar-refractivity contribution in [3.05, 3.63) is 78.3 Å². The smallest absolute Gasteiger partial charge is 0.261 e. The standard InChI is InChI=1S/C21H22N2O5S/c1-3-27-18-9-11-20(12-10-18)29(25,26)22-17-7-4-6-16(14-17)21(24)23(2)15-19-8-5-13-28-19/h4-14,22H,3,15H2,1-2H3. The summed E-state index contributed by atoms with van der Waals surface area (Å²) in [6.07, 6.45) is 1.55. The van der Waals surface area contributed by atoms with E-state index in [0.29, 0.717) is 35.9 Å². The van der Waals surface area contributed by atoms with E-state index in [1.165, 1.54) is 23.1 Å². The molecule has 0 fully saturated rings. The average Bonchev–Trinajstić information content (AvgIpc) is 3.21. The summed E-state index contributed by atoms with van der Waals surface area (Å²) in [5.74, 6) is 1.01. The van der Waals surface area contributed by atoms with E-state index in [1.54, 1.807) is 55.8 Å². The molecule has 1 aromatic heterocycles. The molecule has 0 aliphatic rings. The Bertz CT molecular complexity index is 1060. The van der Waals surface area contributed by atoms with Gasteiger partial charge in [-0.1, -0.05) is 6.07 Å². The Balaban J connectivity index is 1.73. The van der Waals surface area contributed by atoms with Crippen molar-refractivity contribution in [3.8, 4) is 5.75 Å². The van der Waals surface area contributed by atoms with Crippen molar-refractivity contribution in [1.82, 2.24) is 4.90 Å². The van der Waals surface area contributed by atoms with E-state index in [9.17, 15) is 13.2 Å². The number of rotatable bonds is 8. The van der Waals surface area contributed by atoms with Crippen LogP contribution in [-0.2, 0) is 16.6 Å². The fourth-order valence-corrected chi connectivity index (χ4v) is 3.79. The molecule has 2 aromatic carbocycles. The Kier molecular flexibility index (Phi) is 6.23. The molecule has 1 amide bonds. The van der Waals surface area contributed by atoms with Gasteiger partial charge in [-0.3, -0.25) is 9.52 Å². The molecule has 3 rings (SSSR count). The van der Waals surface area contributed by atoms with Gasteiger partial charge in [-0.05, 0) is 61.5 Å². The number of sulfonamides is 1. The van der Waals surface area contributed by atoms with Gasteiger partial charge in [0.2, 0.25) is 0 Å². The fraction of sp³-hybridized carbons (Fsp3) is 0.190. The number of nitrogens with zero attached hydrogens (tertiary/aromatic N) is 1. The van der Waals surface area contributed by atoms with Crippen LogP contribution in [0.15, 0.2) is 76.2 Å². The quantitative estimate of drug-likeness (QED) is 0.606. The van der Waals surface area contributed by atoms with Crippen LogP contribution in [-0.4, -0.2) is 32.9 Å².